The first kappa shape index (κ1) is 13.4. The van der Waals surface area contributed by atoms with Gasteiger partial charge in [0.15, 0.2) is 5.65 Å². The predicted octanol–water partition coefficient (Wildman–Crippen LogP) is 2.39. The maximum absolute atomic E-state index is 9.71. The minimum absolute atomic E-state index is 0.00560. The number of aromatic nitrogens is 3. The highest BCUT2D eigenvalue weighted by Gasteiger charge is 2.31. The van der Waals surface area contributed by atoms with Gasteiger partial charge in [-0.25, -0.2) is 4.52 Å². The van der Waals surface area contributed by atoms with Gasteiger partial charge in [0.2, 0.25) is 5.95 Å². The molecule has 5 heteroatoms. The van der Waals surface area contributed by atoms with E-state index in [0.717, 1.165) is 30.6 Å². The first-order valence-corrected chi connectivity index (χ1v) is 7.39. The van der Waals surface area contributed by atoms with E-state index in [9.17, 15) is 5.11 Å². The molecule has 1 fully saturated rings. The van der Waals surface area contributed by atoms with Crippen LogP contribution in [-0.4, -0.2) is 32.9 Å². The number of hydrogen-bond acceptors (Lipinski definition) is 4. The summed E-state index contributed by atoms with van der Waals surface area (Å²) in [4.78, 5) is 4.46. The molecule has 20 heavy (non-hydrogen) atoms. The number of pyridine rings is 1. The molecule has 0 atom stereocenters. The first-order valence-electron chi connectivity index (χ1n) is 7.39. The third kappa shape index (κ3) is 2.63. The number of aliphatic hydroxyl groups is 1. The highest BCUT2D eigenvalue weighted by molar-refractivity contribution is 5.44. The van der Waals surface area contributed by atoms with Crippen molar-refractivity contribution >= 4 is 11.6 Å². The molecule has 0 amide bonds. The minimum atomic E-state index is 0.00560. The summed E-state index contributed by atoms with van der Waals surface area (Å²) in [6.07, 6.45) is 7.84. The van der Waals surface area contributed by atoms with Crippen LogP contribution in [0.25, 0.3) is 5.65 Å². The fourth-order valence-electron chi connectivity index (χ4n) is 3.02. The van der Waals surface area contributed by atoms with Gasteiger partial charge in [0.1, 0.15) is 0 Å². The summed E-state index contributed by atoms with van der Waals surface area (Å²) in [7, 11) is 0. The molecule has 2 heterocycles. The molecule has 3 rings (SSSR count). The van der Waals surface area contributed by atoms with Crippen LogP contribution in [0.5, 0.6) is 0 Å². The Hall–Kier alpha value is -1.62. The summed E-state index contributed by atoms with van der Waals surface area (Å²) in [5.41, 5.74) is 2.01. The van der Waals surface area contributed by atoms with Gasteiger partial charge in [0, 0.05) is 18.2 Å². The first-order chi connectivity index (χ1) is 9.71. The van der Waals surface area contributed by atoms with Crippen molar-refractivity contribution < 1.29 is 5.11 Å². The highest BCUT2D eigenvalue weighted by atomic mass is 16.3. The molecule has 2 aromatic heterocycles. The summed E-state index contributed by atoms with van der Waals surface area (Å²) in [5.74, 6) is 0.647. The summed E-state index contributed by atoms with van der Waals surface area (Å²) in [5, 5.41) is 17.5. The van der Waals surface area contributed by atoms with E-state index in [2.05, 4.69) is 15.4 Å². The van der Waals surface area contributed by atoms with Gasteiger partial charge in [-0.2, -0.15) is 4.98 Å². The van der Waals surface area contributed by atoms with Crippen molar-refractivity contribution in [2.75, 3.05) is 18.5 Å². The number of fused-ring (bicyclic) bond motifs is 1. The number of nitrogens with zero attached hydrogens (tertiary/aromatic N) is 3. The molecule has 2 N–H and O–H groups in total. The van der Waals surface area contributed by atoms with Crippen molar-refractivity contribution in [2.45, 2.75) is 39.0 Å². The lowest BCUT2D eigenvalue weighted by atomic mass is 9.74. The molecule has 0 aromatic carbocycles. The van der Waals surface area contributed by atoms with Crippen LogP contribution in [-0.2, 0) is 0 Å². The molecule has 5 nitrogen and oxygen atoms in total. The molecule has 0 spiro atoms. The van der Waals surface area contributed by atoms with E-state index >= 15 is 0 Å². The Morgan fingerprint density at radius 3 is 2.85 bits per heavy atom. The Morgan fingerprint density at radius 2 is 2.10 bits per heavy atom. The zero-order valence-corrected chi connectivity index (χ0v) is 12.0. The third-order valence-electron chi connectivity index (χ3n) is 4.35. The van der Waals surface area contributed by atoms with Crippen LogP contribution < -0.4 is 5.32 Å². The molecule has 1 saturated carbocycles. The van der Waals surface area contributed by atoms with Crippen molar-refractivity contribution in [3.63, 3.8) is 0 Å². The molecule has 0 saturated heterocycles. The average molecular weight is 274 g/mol. The van der Waals surface area contributed by atoms with Gasteiger partial charge in [-0.05, 0) is 31.4 Å². The molecule has 2 aromatic rings. The lowest BCUT2D eigenvalue weighted by molar-refractivity contribution is 0.0942. The molecule has 0 unspecified atom stereocenters. The maximum Gasteiger partial charge on any atom is 0.243 e. The fourth-order valence-corrected chi connectivity index (χ4v) is 3.02. The smallest absolute Gasteiger partial charge is 0.243 e. The van der Waals surface area contributed by atoms with Gasteiger partial charge in [0.25, 0.3) is 0 Å². The molecule has 0 bridgehead atoms. The lowest BCUT2D eigenvalue weighted by Crippen LogP contribution is -2.35. The number of aliphatic hydroxyl groups excluding tert-OH is 1. The van der Waals surface area contributed by atoms with Gasteiger partial charge < -0.3 is 10.4 Å². The summed E-state index contributed by atoms with van der Waals surface area (Å²) < 4.78 is 1.80. The topological polar surface area (TPSA) is 62.5 Å². The molecule has 0 radical (unpaired) electrons. The van der Waals surface area contributed by atoms with Gasteiger partial charge in [-0.1, -0.05) is 25.3 Å². The Kier molecular flexibility index (Phi) is 3.61. The van der Waals surface area contributed by atoms with Crippen LogP contribution in [0.1, 0.15) is 37.7 Å². The number of nitrogens with one attached hydrogen (secondary N) is 1. The Balaban J connectivity index is 1.72. The van der Waals surface area contributed by atoms with E-state index in [1.807, 2.05) is 25.3 Å². The second kappa shape index (κ2) is 5.40. The Morgan fingerprint density at radius 1 is 1.30 bits per heavy atom. The quantitative estimate of drug-likeness (QED) is 0.898. The zero-order chi connectivity index (χ0) is 14.0. The van der Waals surface area contributed by atoms with E-state index in [4.69, 9.17) is 0 Å². The van der Waals surface area contributed by atoms with E-state index in [-0.39, 0.29) is 12.0 Å². The van der Waals surface area contributed by atoms with Crippen molar-refractivity contribution in [3.8, 4) is 0 Å². The standard InChI is InChI=1S/C15H22N4O/c1-12-5-6-13-17-14(18-19(13)9-12)16-10-15(11-20)7-3-2-4-8-15/h5-6,9,20H,2-4,7-8,10-11H2,1H3,(H,16,18). The van der Waals surface area contributed by atoms with Crippen LogP contribution in [0.3, 0.4) is 0 Å². The summed E-state index contributed by atoms with van der Waals surface area (Å²) in [6, 6.07) is 4.00. The zero-order valence-electron chi connectivity index (χ0n) is 12.0. The van der Waals surface area contributed by atoms with Gasteiger partial charge in [-0.3, -0.25) is 0 Å². The van der Waals surface area contributed by atoms with Gasteiger partial charge in [0.05, 0.1) is 6.61 Å². The monoisotopic (exact) mass is 274 g/mol. The van der Waals surface area contributed by atoms with Crippen molar-refractivity contribution in [2.24, 2.45) is 5.41 Å². The van der Waals surface area contributed by atoms with Gasteiger partial charge >= 0.3 is 0 Å². The average Bonchev–Trinajstić information content (AvgIpc) is 2.88. The van der Waals surface area contributed by atoms with Gasteiger partial charge in [-0.15, -0.1) is 5.10 Å². The van der Waals surface area contributed by atoms with Crippen LogP contribution in [0, 0.1) is 12.3 Å². The molecular formula is C15H22N4O. The summed E-state index contributed by atoms with van der Waals surface area (Å²) >= 11 is 0. The second-order valence-corrected chi connectivity index (χ2v) is 6.02. The number of hydrogen-bond donors (Lipinski definition) is 2. The Bertz CT molecular complexity index is 587. The van der Waals surface area contributed by atoms with Crippen molar-refractivity contribution in [1.29, 1.82) is 0 Å². The molecule has 1 aliphatic rings. The molecule has 1 aliphatic carbocycles. The molecule has 0 aliphatic heterocycles. The minimum Gasteiger partial charge on any atom is -0.396 e. The van der Waals surface area contributed by atoms with E-state index in [1.54, 1.807) is 4.52 Å². The lowest BCUT2D eigenvalue weighted by Gasteiger charge is -2.35. The van der Waals surface area contributed by atoms with E-state index in [0.29, 0.717) is 5.95 Å². The summed E-state index contributed by atoms with van der Waals surface area (Å²) in [6.45, 7) is 3.03. The van der Waals surface area contributed by atoms with Crippen LogP contribution in [0.2, 0.25) is 0 Å². The van der Waals surface area contributed by atoms with E-state index in [1.165, 1.54) is 19.3 Å². The fraction of sp³-hybridized carbons (Fsp3) is 0.600. The maximum atomic E-state index is 9.71. The largest absolute Gasteiger partial charge is 0.396 e. The molecular weight excluding hydrogens is 252 g/mol. The van der Waals surface area contributed by atoms with Crippen LogP contribution in [0.15, 0.2) is 18.3 Å². The van der Waals surface area contributed by atoms with E-state index < -0.39 is 0 Å². The second-order valence-electron chi connectivity index (χ2n) is 6.02. The number of aryl methyl sites for hydroxylation is 1. The predicted molar refractivity (Wildman–Crippen MR) is 78.8 cm³/mol. The Labute approximate surface area is 119 Å². The van der Waals surface area contributed by atoms with Crippen LogP contribution in [0.4, 0.5) is 5.95 Å². The van der Waals surface area contributed by atoms with Crippen molar-refractivity contribution in [3.05, 3.63) is 23.9 Å². The number of rotatable bonds is 4. The van der Waals surface area contributed by atoms with Crippen LogP contribution >= 0.6 is 0 Å². The highest BCUT2D eigenvalue weighted by Crippen LogP contribution is 2.35. The van der Waals surface area contributed by atoms with Crippen molar-refractivity contribution in [1.82, 2.24) is 14.6 Å². The third-order valence-corrected chi connectivity index (χ3v) is 4.35. The molecule has 108 valence electrons. The normalized spacial score (nSPS) is 18.3. The number of anilines is 1. The SMILES string of the molecule is Cc1ccc2nc(NCC3(CO)CCCCC3)nn2c1.